The van der Waals surface area contributed by atoms with Gasteiger partial charge in [-0.05, 0) is 24.5 Å². The summed E-state index contributed by atoms with van der Waals surface area (Å²) in [6.07, 6.45) is 0.249. The minimum atomic E-state index is -2.30. The molecule has 0 saturated heterocycles. The number of pyridine rings is 1. The number of hydrogen-bond donors (Lipinski definition) is 0. The Morgan fingerprint density at radius 1 is 1.38 bits per heavy atom. The molecule has 0 aliphatic heterocycles. The molecule has 13 heavy (non-hydrogen) atoms. The zero-order valence-corrected chi connectivity index (χ0v) is 7.56. The quantitative estimate of drug-likeness (QED) is 0.674. The molecule has 2 rings (SSSR count). The lowest BCUT2D eigenvalue weighted by molar-refractivity contribution is 0.102. The predicted octanol–water partition coefficient (Wildman–Crippen LogP) is 3.03. The van der Waals surface area contributed by atoms with Crippen LogP contribution in [-0.2, 0) is 5.41 Å². The molecule has 1 aromatic rings. The van der Waals surface area contributed by atoms with Crippen LogP contribution in [0.1, 0.15) is 18.4 Å². The maximum Gasteiger partial charge on any atom is 0.248 e. The maximum absolute atomic E-state index is 12.6. The highest BCUT2D eigenvalue weighted by atomic mass is 35.5. The summed E-state index contributed by atoms with van der Waals surface area (Å²) in [6, 6.07) is 3.19. The molecule has 1 fully saturated rings. The van der Waals surface area contributed by atoms with Gasteiger partial charge >= 0.3 is 0 Å². The van der Waals surface area contributed by atoms with Crippen LogP contribution < -0.4 is 0 Å². The fraction of sp³-hybridized carbons (Fsp3) is 0.444. The number of alkyl halides is 2. The summed E-state index contributed by atoms with van der Waals surface area (Å²) in [5.41, 5.74) is -0.315. The number of nitrogens with zero attached hydrogens (tertiary/aromatic N) is 1. The van der Waals surface area contributed by atoms with Crippen molar-refractivity contribution in [2.45, 2.75) is 24.7 Å². The summed E-state index contributed by atoms with van der Waals surface area (Å²) in [5.74, 6) is 0. The summed E-state index contributed by atoms with van der Waals surface area (Å²) >= 11 is 5.56. The molecule has 1 saturated carbocycles. The Hall–Kier alpha value is -0.700. The molecule has 1 aliphatic carbocycles. The monoisotopic (exact) mass is 203 g/mol. The van der Waals surface area contributed by atoms with E-state index in [4.69, 9.17) is 11.6 Å². The normalized spacial score (nSPS) is 19.1. The van der Waals surface area contributed by atoms with Crippen molar-refractivity contribution >= 4 is 11.6 Å². The van der Waals surface area contributed by atoms with Gasteiger partial charge in [0, 0.05) is 6.20 Å². The van der Waals surface area contributed by atoms with E-state index in [1.165, 1.54) is 6.20 Å². The van der Waals surface area contributed by atoms with E-state index in [1.54, 1.807) is 12.1 Å². The van der Waals surface area contributed by atoms with Crippen LogP contribution in [0.2, 0.25) is 5.15 Å². The van der Waals surface area contributed by atoms with Gasteiger partial charge in [0.15, 0.2) is 0 Å². The summed E-state index contributed by atoms with van der Waals surface area (Å²) in [7, 11) is 0. The molecule has 1 aromatic heterocycles. The smallest absolute Gasteiger partial charge is 0.244 e. The fourth-order valence-corrected chi connectivity index (χ4v) is 1.55. The van der Waals surface area contributed by atoms with Gasteiger partial charge in [0.05, 0.1) is 5.41 Å². The lowest BCUT2D eigenvalue weighted by Crippen LogP contribution is -2.17. The molecule has 0 N–H and O–H groups in total. The van der Waals surface area contributed by atoms with Gasteiger partial charge in [-0.25, -0.2) is 13.8 Å². The molecule has 1 aliphatic rings. The van der Waals surface area contributed by atoms with Crippen molar-refractivity contribution < 1.29 is 8.78 Å². The van der Waals surface area contributed by atoms with E-state index >= 15 is 0 Å². The van der Waals surface area contributed by atoms with Gasteiger partial charge in [0.2, 0.25) is 6.43 Å². The summed E-state index contributed by atoms with van der Waals surface area (Å²) in [6.45, 7) is 0. The van der Waals surface area contributed by atoms with E-state index < -0.39 is 11.8 Å². The average Bonchev–Trinajstić information content (AvgIpc) is 2.86. The Bertz CT molecular complexity index is 306. The summed E-state index contributed by atoms with van der Waals surface area (Å²) in [4.78, 5) is 3.80. The Kier molecular flexibility index (Phi) is 1.99. The van der Waals surface area contributed by atoms with Crippen molar-refractivity contribution in [3.8, 4) is 0 Å². The Morgan fingerprint density at radius 3 is 2.46 bits per heavy atom. The van der Waals surface area contributed by atoms with Gasteiger partial charge in [0.25, 0.3) is 0 Å². The molecule has 0 radical (unpaired) electrons. The van der Waals surface area contributed by atoms with Crippen LogP contribution in [0.5, 0.6) is 0 Å². The first-order chi connectivity index (χ1) is 6.15. The maximum atomic E-state index is 12.6. The summed E-state index contributed by atoms with van der Waals surface area (Å²) in [5, 5.41) is 0.341. The molecule has 70 valence electrons. The number of hydrogen-bond acceptors (Lipinski definition) is 1. The topological polar surface area (TPSA) is 12.9 Å². The van der Waals surface area contributed by atoms with E-state index in [0.717, 1.165) is 0 Å². The highest BCUT2D eigenvalue weighted by molar-refractivity contribution is 6.29. The first-order valence-electron chi connectivity index (χ1n) is 4.05. The third kappa shape index (κ3) is 1.41. The standard InChI is InChI=1S/C9H8ClF2N/c10-7-2-1-6(5-13-7)9(3-4-9)8(11)12/h1-2,5,8H,3-4H2. The molecule has 1 nitrogen and oxygen atoms in total. The van der Waals surface area contributed by atoms with E-state index in [9.17, 15) is 8.78 Å². The second-order valence-electron chi connectivity index (χ2n) is 3.33. The molecule has 0 amide bonds. The van der Waals surface area contributed by atoms with E-state index in [-0.39, 0.29) is 0 Å². The van der Waals surface area contributed by atoms with Gasteiger partial charge < -0.3 is 0 Å². The van der Waals surface area contributed by atoms with Crippen molar-refractivity contribution in [1.82, 2.24) is 4.98 Å². The van der Waals surface area contributed by atoms with Crippen LogP contribution in [0.4, 0.5) is 8.78 Å². The molecule has 0 unspecified atom stereocenters. The average molecular weight is 204 g/mol. The Balaban J connectivity index is 2.31. The number of halogens is 3. The van der Waals surface area contributed by atoms with E-state index in [0.29, 0.717) is 23.6 Å². The molecule has 0 bridgehead atoms. The third-order valence-corrected chi connectivity index (χ3v) is 2.73. The van der Waals surface area contributed by atoms with Gasteiger partial charge in [0.1, 0.15) is 5.15 Å². The van der Waals surface area contributed by atoms with Gasteiger partial charge in [-0.2, -0.15) is 0 Å². The zero-order chi connectivity index (χ0) is 9.47. The first kappa shape index (κ1) is 8.88. The van der Waals surface area contributed by atoms with Crippen LogP contribution in [-0.4, -0.2) is 11.4 Å². The lowest BCUT2D eigenvalue weighted by Gasteiger charge is -2.13. The molecule has 0 aromatic carbocycles. The van der Waals surface area contributed by atoms with Crippen LogP contribution in [0, 0.1) is 0 Å². The molecule has 0 spiro atoms. The molecule has 4 heteroatoms. The highest BCUT2D eigenvalue weighted by Crippen LogP contribution is 2.52. The van der Waals surface area contributed by atoms with Gasteiger partial charge in [-0.1, -0.05) is 17.7 Å². The van der Waals surface area contributed by atoms with Gasteiger partial charge in [-0.15, -0.1) is 0 Å². The van der Waals surface area contributed by atoms with Crippen LogP contribution in [0.15, 0.2) is 18.3 Å². The van der Waals surface area contributed by atoms with Crippen LogP contribution >= 0.6 is 11.6 Å². The predicted molar refractivity (Wildman–Crippen MR) is 46.2 cm³/mol. The van der Waals surface area contributed by atoms with Crippen molar-refractivity contribution in [3.05, 3.63) is 29.0 Å². The van der Waals surface area contributed by atoms with E-state index in [1.807, 2.05) is 0 Å². The van der Waals surface area contributed by atoms with Gasteiger partial charge in [-0.3, -0.25) is 0 Å². The summed E-state index contributed by atoms with van der Waals surface area (Å²) < 4.78 is 25.2. The van der Waals surface area contributed by atoms with Crippen molar-refractivity contribution in [1.29, 1.82) is 0 Å². The lowest BCUT2D eigenvalue weighted by atomic mass is 9.99. The first-order valence-corrected chi connectivity index (χ1v) is 4.43. The highest BCUT2D eigenvalue weighted by Gasteiger charge is 2.52. The molecule has 1 heterocycles. The number of aromatic nitrogens is 1. The minimum Gasteiger partial charge on any atom is -0.244 e. The fourth-order valence-electron chi connectivity index (χ4n) is 1.44. The second kappa shape index (κ2) is 2.91. The molecular weight excluding hydrogens is 196 g/mol. The largest absolute Gasteiger partial charge is 0.248 e. The third-order valence-electron chi connectivity index (χ3n) is 2.51. The SMILES string of the molecule is FC(F)C1(c2ccc(Cl)nc2)CC1. The zero-order valence-electron chi connectivity index (χ0n) is 6.80. The van der Waals surface area contributed by atoms with Crippen molar-refractivity contribution in [3.63, 3.8) is 0 Å². The molecule has 0 atom stereocenters. The van der Waals surface area contributed by atoms with E-state index in [2.05, 4.69) is 4.98 Å². The second-order valence-corrected chi connectivity index (χ2v) is 3.71. The van der Waals surface area contributed by atoms with Crippen molar-refractivity contribution in [2.24, 2.45) is 0 Å². The van der Waals surface area contributed by atoms with Crippen LogP contribution in [0.3, 0.4) is 0 Å². The minimum absolute atomic E-state index is 0.341. The number of rotatable bonds is 2. The Morgan fingerprint density at radius 2 is 2.08 bits per heavy atom. The van der Waals surface area contributed by atoms with Crippen molar-refractivity contribution in [2.75, 3.05) is 0 Å². The molecular formula is C9H8ClF2N. The Labute approximate surface area is 79.7 Å². The van der Waals surface area contributed by atoms with Crippen LogP contribution in [0.25, 0.3) is 0 Å².